The van der Waals surface area contributed by atoms with Crippen molar-refractivity contribution in [3.05, 3.63) is 101 Å². The normalized spacial score (nSPS) is 18.5. The van der Waals surface area contributed by atoms with Gasteiger partial charge in [0.15, 0.2) is 0 Å². The second kappa shape index (κ2) is 15.0. The third kappa shape index (κ3) is 7.49. The van der Waals surface area contributed by atoms with Crippen molar-refractivity contribution in [2.75, 3.05) is 46.0 Å². The molecule has 2 heterocycles. The highest BCUT2D eigenvalue weighted by Gasteiger charge is 2.45. The molecule has 232 valence electrons. The van der Waals surface area contributed by atoms with Crippen molar-refractivity contribution < 1.29 is 28.9 Å². The van der Waals surface area contributed by atoms with Gasteiger partial charge < -0.3 is 24.2 Å². The molecular formula is C36H42N2O6. The molecule has 0 spiro atoms. The van der Waals surface area contributed by atoms with Gasteiger partial charge in [0.25, 0.3) is 11.7 Å². The first-order valence-corrected chi connectivity index (χ1v) is 15.5. The second-order valence-corrected chi connectivity index (χ2v) is 11.3. The molecule has 1 amide bonds. The predicted octanol–water partition coefficient (Wildman–Crippen LogP) is 5.90. The van der Waals surface area contributed by atoms with E-state index in [-0.39, 0.29) is 11.3 Å². The summed E-state index contributed by atoms with van der Waals surface area (Å²) in [6.07, 6.45) is 2.68. The summed E-state index contributed by atoms with van der Waals surface area (Å²) in [5.41, 5.74) is 3.21. The number of benzene rings is 3. The van der Waals surface area contributed by atoms with E-state index < -0.39 is 17.7 Å². The SMILES string of the molecule is CCCCOc1ccc(/C(O)=C2\C(=O)C(=O)N(CCCN3CCOCC3)C2c2ccc(OCc3ccccc3)cc2)cc1C. The molecule has 2 aliphatic rings. The Balaban J connectivity index is 1.42. The highest BCUT2D eigenvalue weighted by molar-refractivity contribution is 6.46. The summed E-state index contributed by atoms with van der Waals surface area (Å²) < 4.78 is 17.3. The van der Waals surface area contributed by atoms with Crippen LogP contribution in [-0.2, 0) is 20.9 Å². The Morgan fingerprint density at radius 1 is 0.932 bits per heavy atom. The number of rotatable bonds is 13. The lowest BCUT2D eigenvalue weighted by Gasteiger charge is -2.29. The molecule has 3 aromatic carbocycles. The number of aryl methyl sites for hydroxylation is 1. The van der Waals surface area contributed by atoms with Gasteiger partial charge >= 0.3 is 0 Å². The minimum Gasteiger partial charge on any atom is -0.507 e. The van der Waals surface area contributed by atoms with Gasteiger partial charge in [0, 0.05) is 31.7 Å². The molecule has 2 aliphatic heterocycles. The first-order valence-electron chi connectivity index (χ1n) is 15.5. The number of morpholine rings is 1. The van der Waals surface area contributed by atoms with Crippen LogP contribution in [0.15, 0.2) is 78.4 Å². The third-order valence-electron chi connectivity index (χ3n) is 8.17. The largest absolute Gasteiger partial charge is 0.507 e. The molecule has 2 fully saturated rings. The number of hydrogen-bond acceptors (Lipinski definition) is 7. The smallest absolute Gasteiger partial charge is 0.295 e. The predicted molar refractivity (Wildman–Crippen MR) is 170 cm³/mol. The summed E-state index contributed by atoms with van der Waals surface area (Å²) in [6, 6.07) is 22.0. The summed E-state index contributed by atoms with van der Waals surface area (Å²) in [5.74, 6) is -0.0441. The van der Waals surface area contributed by atoms with Gasteiger partial charge in [0.05, 0.1) is 31.4 Å². The molecule has 5 rings (SSSR count). The average molecular weight is 599 g/mol. The van der Waals surface area contributed by atoms with Crippen LogP contribution in [0, 0.1) is 6.92 Å². The molecule has 0 aromatic heterocycles. The number of ketones is 1. The maximum atomic E-state index is 13.5. The minimum atomic E-state index is -0.719. The van der Waals surface area contributed by atoms with Crippen molar-refractivity contribution in [1.82, 2.24) is 9.80 Å². The van der Waals surface area contributed by atoms with Crippen LogP contribution in [0.1, 0.15) is 54.5 Å². The highest BCUT2D eigenvalue weighted by atomic mass is 16.5. The fourth-order valence-corrected chi connectivity index (χ4v) is 5.67. The van der Waals surface area contributed by atoms with E-state index in [9.17, 15) is 14.7 Å². The van der Waals surface area contributed by atoms with Crippen molar-refractivity contribution in [1.29, 1.82) is 0 Å². The van der Waals surface area contributed by atoms with E-state index in [0.717, 1.165) is 54.9 Å². The summed E-state index contributed by atoms with van der Waals surface area (Å²) >= 11 is 0. The van der Waals surface area contributed by atoms with Crippen LogP contribution >= 0.6 is 0 Å². The van der Waals surface area contributed by atoms with Crippen LogP contribution in [-0.4, -0.2) is 72.6 Å². The number of unbranched alkanes of at least 4 members (excludes halogenated alkanes) is 1. The monoisotopic (exact) mass is 598 g/mol. The standard InChI is InChI=1S/C36H42N2O6/c1-3-4-21-43-31-16-13-29(24-26(31)2)34(39)32-33(28-11-14-30(15-12-28)44-25-27-9-6-5-7-10-27)38(36(41)35(32)40)18-8-17-37-19-22-42-23-20-37/h5-7,9-16,24,33,39H,3-4,8,17-23,25H2,1-2H3/b34-32+. The molecule has 0 saturated carbocycles. The molecule has 1 N–H and O–H groups in total. The molecule has 8 heteroatoms. The van der Waals surface area contributed by atoms with E-state index in [2.05, 4.69) is 11.8 Å². The zero-order valence-corrected chi connectivity index (χ0v) is 25.7. The molecule has 44 heavy (non-hydrogen) atoms. The zero-order chi connectivity index (χ0) is 30.9. The van der Waals surface area contributed by atoms with Crippen LogP contribution in [0.25, 0.3) is 5.76 Å². The number of Topliss-reactive ketones (excluding diaryl/α,β-unsaturated/α-hetero) is 1. The minimum absolute atomic E-state index is 0.0957. The van der Waals surface area contributed by atoms with Crippen LogP contribution in [0.3, 0.4) is 0 Å². The number of carbonyl (C=O) groups excluding carboxylic acids is 2. The first-order chi connectivity index (χ1) is 21.5. The number of nitrogens with zero attached hydrogens (tertiary/aromatic N) is 2. The number of aliphatic hydroxyl groups is 1. The maximum absolute atomic E-state index is 13.5. The molecule has 3 aromatic rings. The van der Waals surface area contributed by atoms with Crippen molar-refractivity contribution in [3.63, 3.8) is 0 Å². The molecule has 1 unspecified atom stereocenters. The van der Waals surface area contributed by atoms with Gasteiger partial charge in [-0.1, -0.05) is 55.8 Å². The Bertz CT molecular complexity index is 1450. The summed E-state index contributed by atoms with van der Waals surface area (Å²) in [4.78, 5) is 30.9. The van der Waals surface area contributed by atoms with Crippen molar-refractivity contribution >= 4 is 17.4 Å². The van der Waals surface area contributed by atoms with Gasteiger partial charge in [-0.25, -0.2) is 0 Å². The Kier molecular flexibility index (Phi) is 10.7. The van der Waals surface area contributed by atoms with Crippen LogP contribution in [0.2, 0.25) is 0 Å². The Morgan fingerprint density at radius 2 is 1.68 bits per heavy atom. The quantitative estimate of drug-likeness (QED) is 0.114. The lowest BCUT2D eigenvalue weighted by Crippen LogP contribution is -2.38. The average Bonchev–Trinajstić information content (AvgIpc) is 3.30. The highest BCUT2D eigenvalue weighted by Crippen LogP contribution is 2.40. The summed E-state index contributed by atoms with van der Waals surface area (Å²) in [6.45, 7) is 9.35. The fourth-order valence-electron chi connectivity index (χ4n) is 5.67. The number of likely N-dealkylation sites (tertiary alicyclic amines) is 1. The van der Waals surface area contributed by atoms with Gasteiger partial charge in [-0.3, -0.25) is 14.5 Å². The van der Waals surface area contributed by atoms with E-state index in [1.165, 1.54) is 0 Å². The van der Waals surface area contributed by atoms with E-state index in [1.807, 2.05) is 67.6 Å². The van der Waals surface area contributed by atoms with Crippen LogP contribution in [0.5, 0.6) is 11.5 Å². The van der Waals surface area contributed by atoms with Crippen molar-refractivity contribution in [3.8, 4) is 11.5 Å². The van der Waals surface area contributed by atoms with E-state index in [1.54, 1.807) is 17.0 Å². The first kappa shape index (κ1) is 31.3. The van der Waals surface area contributed by atoms with E-state index in [4.69, 9.17) is 14.2 Å². The molecule has 0 radical (unpaired) electrons. The molecular weight excluding hydrogens is 556 g/mol. The van der Waals surface area contributed by atoms with E-state index in [0.29, 0.717) is 50.7 Å². The van der Waals surface area contributed by atoms with Crippen molar-refractivity contribution in [2.24, 2.45) is 0 Å². The van der Waals surface area contributed by atoms with Crippen LogP contribution in [0.4, 0.5) is 0 Å². The number of amides is 1. The molecule has 2 saturated heterocycles. The zero-order valence-electron chi connectivity index (χ0n) is 25.7. The summed E-state index contributed by atoms with van der Waals surface area (Å²) in [5, 5.41) is 11.6. The van der Waals surface area contributed by atoms with Gasteiger partial charge in [-0.2, -0.15) is 0 Å². The Hall–Kier alpha value is -4.14. The lowest BCUT2D eigenvalue weighted by atomic mass is 9.94. The van der Waals surface area contributed by atoms with Gasteiger partial charge in [-0.05, 0) is 66.8 Å². The number of ether oxygens (including phenoxy) is 3. The second-order valence-electron chi connectivity index (χ2n) is 11.3. The Morgan fingerprint density at radius 3 is 2.39 bits per heavy atom. The van der Waals surface area contributed by atoms with Crippen LogP contribution < -0.4 is 9.47 Å². The molecule has 0 aliphatic carbocycles. The van der Waals surface area contributed by atoms with E-state index >= 15 is 0 Å². The Labute approximate surface area is 259 Å². The number of carbonyl (C=O) groups is 2. The number of hydrogen-bond donors (Lipinski definition) is 1. The van der Waals surface area contributed by atoms with Gasteiger partial charge in [0.2, 0.25) is 0 Å². The molecule has 0 bridgehead atoms. The van der Waals surface area contributed by atoms with Crippen molar-refractivity contribution in [2.45, 2.75) is 45.8 Å². The molecule has 8 nitrogen and oxygen atoms in total. The third-order valence-corrected chi connectivity index (χ3v) is 8.17. The van der Waals surface area contributed by atoms with Gasteiger partial charge in [-0.15, -0.1) is 0 Å². The molecule has 1 atom stereocenters. The fraction of sp³-hybridized carbons (Fsp3) is 0.389. The lowest BCUT2D eigenvalue weighted by molar-refractivity contribution is -0.140. The topological polar surface area (TPSA) is 88.5 Å². The van der Waals surface area contributed by atoms with Gasteiger partial charge in [0.1, 0.15) is 23.9 Å². The summed E-state index contributed by atoms with van der Waals surface area (Å²) in [7, 11) is 0. The maximum Gasteiger partial charge on any atom is 0.295 e. The number of aliphatic hydroxyl groups excluding tert-OH is 1.